The molecule has 0 aliphatic carbocycles. The Hall–Kier alpha value is -1.10. The first kappa shape index (κ1) is 16.0. The molecule has 1 aromatic rings. The molecule has 0 bridgehead atoms. The smallest absolute Gasteiger partial charge is 0.118 e. The van der Waals surface area contributed by atoms with Gasteiger partial charge >= 0.3 is 0 Å². The van der Waals surface area contributed by atoms with Crippen LogP contribution in [0, 0.1) is 0 Å². The van der Waals surface area contributed by atoms with Crippen molar-refractivity contribution in [3.8, 4) is 5.75 Å². The Morgan fingerprint density at radius 3 is 2.21 bits per heavy atom. The van der Waals surface area contributed by atoms with Crippen LogP contribution in [0.2, 0.25) is 0 Å². The Labute approximate surface area is 116 Å². The molecule has 2 N–H and O–H groups in total. The van der Waals surface area contributed by atoms with Crippen LogP contribution in [-0.4, -0.2) is 44.9 Å². The van der Waals surface area contributed by atoms with Crippen LogP contribution in [0.4, 0.5) is 0 Å². The predicted octanol–water partition coefficient (Wildman–Crippen LogP) is 2.05. The number of nitrogens with zero attached hydrogens (tertiary/aromatic N) is 1. The molecule has 0 saturated heterocycles. The van der Waals surface area contributed by atoms with Crippen LogP contribution in [0.3, 0.4) is 0 Å². The predicted molar refractivity (Wildman–Crippen MR) is 78.5 cm³/mol. The van der Waals surface area contributed by atoms with E-state index in [1.54, 1.807) is 14.2 Å². The number of ether oxygens (including phenoxy) is 2. The second-order valence-corrected chi connectivity index (χ2v) is 5.01. The second kappa shape index (κ2) is 7.48. The first-order valence-corrected chi connectivity index (χ1v) is 6.61. The quantitative estimate of drug-likeness (QED) is 0.820. The molecule has 0 aliphatic heterocycles. The summed E-state index contributed by atoms with van der Waals surface area (Å²) in [6, 6.07) is 8.48. The SMILES string of the molecule is COCC(C)N(C)C(C)C(N)c1ccc(OC)cc1. The van der Waals surface area contributed by atoms with Gasteiger partial charge in [-0.05, 0) is 38.6 Å². The van der Waals surface area contributed by atoms with Crippen molar-refractivity contribution in [2.24, 2.45) is 5.73 Å². The van der Waals surface area contributed by atoms with Crippen molar-refractivity contribution < 1.29 is 9.47 Å². The normalized spacial score (nSPS) is 16.2. The second-order valence-electron chi connectivity index (χ2n) is 5.01. The highest BCUT2D eigenvalue weighted by Gasteiger charge is 2.22. The zero-order valence-electron chi connectivity index (χ0n) is 12.6. The van der Waals surface area contributed by atoms with Crippen molar-refractivity contribution in [1.29, 1.82) is 0 Å². The third-order valence-corrected chi connectivity index (χ3v) is 3.77. The van der Waals surface area contributed by atoms with Gasteiger partial charge in [0.1, 0.15) is 5.75 Å². The minimum absolute atomic E-state index is 0.0322. The van der Waals surface area contributed by atoms with Crippen molar-refractivity contribution >= 4 is 0 Å². The topological polar surface area (TPSA) is 47.7 Å². The maximum atomic E-state index is 6.34. The lowest BCUT2D eigenvalue weighted by Crippen LogP contribution is -2.44. The Morgan fingerprint density at radius 2 is 1.74 bits per heavy atom. The fraction of sp³-hybridized carbons (Fsp3) is 0.600. The van der Waals surface area contributed by atoms with E-state index in [0.29, 0.717) is 12.6 Å². The molecule has 1 aromatic carbocycles. The van der Waals surface area contributed by atoms with Gasteiger partial charge in [-0.15, -0.1) is 0 Å². The summed E-state index contributed by atoms with van der Waals surface area (Å²) in [5.41, 5.74) is 7.46. The molecule has 108 valence electrons. The van der Waals surface area contributed by atoms with Crippen molar-refractivity contribution in [2.45, 2.75) is 32.0 Å². The lowest BCUT2D eigenvalue weighted by Gasteiger charge is -2.34. The van der Waals surface area contributed by atoms with E-state index in [-0.39, 0.29) is 12.1 Å². The first-order valence-electron chi connectivity index (χ1n) is 6.61. The number of hydrogen-bond donors (Lipinski definition) is 1. The van der Waals surface area contributed by atoms with E-state index in [1.807, 2.05) is 24.3 Å². The molecule has 0 spiro atoms. The highest BCUT2D eigenvalue weighted by molar-refractivity contribution is 5.29. The van der Waals surface area contributed by atoms with Gasteiger partial charge in [0.25, 0.3) is 0 Å². The van der Waals surface area contributed by atoms with Crippen LogP contribution >= 0.6 is 0 Å². The standard InChI is InChI=1S/C15H26N2O2/c1-11(10-18-4)17(3)12(2)15(16)13-6-8-14(19-5)9-7-13/h6-9,11-12,15H,10,16H2,1-5H3. The molecule has 3 atom stereocenters. The average Bonchev–Trinajstić information content (AvgIpc) is 2.45. The molecular weight excluding hydrogens is 240 g/mol. The fourth-order valence-corrected chi connectivity index (χ4v) is 2.12. The third kappa shape index (κ3) is 4.20. The summed E-state index contributed by atoms with van der Waals surface area (Å²) in [6.07, 6.45) is 0. The summed E-state index contributed by atoms with van der Waals surface area (Å²) in [6.45, 7) is 4.98. The van der Waals surface area contributed by atoms with Crippen molar-refractivity contribution in [3.05, 3.63) is 29.8 Å². The van der Waals surface area contributed by atoms with E-state index >= 15 is 0 Å². The summed E-state index contributed by atoms with van der Waals surface area (Å²) in [7, 11) is 5.47. The molecule has 0 aliphatic rings. The van der Waals surface area contributed by atoms with Gasteiger partial charge in [-0.1, -0.05) is 12.1 Å². The lowest BCUT2D eigenvalue weighted by molar-refractivity contribution is 0.0859. The number of hydrogen-bond acceptors (Lipinski definition) is 4. The highest BCUT2D eigenvalue weighted by Crippen LogP contribution is 2.21. The number of rotatable bonds is 7. The zero-order valence-corrected chi connectivity index (χ0v) is 12.6. The number of likely N-dealkylation sites (N-methyl/N-ethyl adjacent to an activating group) is 1. The van der Waals surface area contributed by atoms with Crippen LogP contribution in [0.15, 0.2) is 24.3 Å². The fourth-order valence-electron chi connectivity index (χ4n) is 2.12. The summed E-state index contributed by atoms with van der Waals surface area (Å²) in [5.74, 6) is 0.852. The monoisotopic (exact) mass is 266 g/mol. The van der Waals surface area contributed by atoms with Crippen LogP contribution < -0.4 is 10.5 Å². The van der Waals surface area contributed by atoms with E-state index in [2.05, 4.69) is 25.8 Å². The van der Waals surface area contributed by atoms with Crippen molar-refractivity contribution in [3.63, 3.8) is 0 Å². The molecule has 0 saturated carbocycles. The van der Waals surface area contributed by atoms with Crippen LogP contribution in [0.5, 0.6) is 5.75 Å². The molecule has 19 heavy (non-hydrogen) atoms. The molecule has 0 radical (unpaired) electrons. The molecule has 0 aromatic heterocycles. The first-order chi connectivity index (χ1) is 9.01. The molecule has 4 heteroatoms. The van der Waals surface area contributed by atoms with E-state index in [4.69, 9.17) is 15.2 Å². The van der Waals surface area contributed by atoms with Crippen molar-refractivity contribution in [1.82, 2.24) is 4.90 Å². The molecule has 1 rings (SSSR count). The van der Waals surface area contributed by atoms with Crippen molar-refractivity contribution in [2.75, 3.05) is 27.9 Å². The lowest BCUT2D eigenvalue weighted by atomic mass is 9.99. The van der Waals surface area contributed by atoms with E-state index in [1.165, 1.54) is 0 Å². The Balaban J connectivity index is 2.71. The van der Waals surface area contributed by atoms with Crippen LogP contribution in [-0.2, 0) is 4.74 Å². The molecular formula is C15H26N2O2. The minimum atomic E-state index is -0.0322. The summed E-state index contributed by atoms with van der Waals surface area (Å²) >= 11 is 0. The summed E-state index contributed by atoms with van der Waals surface area (Å²) in [5, 5.41) is 0. The van der Waals surface area contributed by atoms with Crippen LogP contribution in [0.1, 0.15) is 25.5 Å². The molecule has 0 amide bonds. The van der Waals surface area contributed by atoms with Gasteiger partial charge in [0.05, 0.1) is 13.7 Å². The Bertz CT molecular complexity index is 367. The van der Waals surface area contributed by atoms with Gasteiger partial charge in [0, 0.05) is 25.2 Å². The van der Waals surface area contributed by atoms with E-state index in [0.717, 1.165) is 11.3 Å². The van der Waals surface area contributed by atoms with E-state index < -0.39 is 0 Å². The third-order valence-electron chi connectivity index (χ3n) is 3.77. The van der Waals surface area contributed by atoms with Gasteiger partial charge < -0.3 is 15.2 Å². The molecule has 0 heterocycles. The summed E-state index contributed by atoms with van der Waals surface area (Å²) in [4.78, 5) is 2.25. The maximum Gasteiger partial charge on any atom is 0.118 e. The largest absolute Gasteiger partial charge is 0.497 e. The average molecular weight is 266 g/mol. The maximum absolute atomic E-state index is 6.34. The van der Waals surface area contributed by atoms with Gasteiger partial charge in [0.2, 0.25) is 0 Å². The van der Waals surface area contributed by atoms with E-state index in [9.17, 15) is 0 Å². The molecule has 0 fully saturated rings. The zero-order chi connectivity index (χ0) is 14.4. The number of nitrogens with two attached hydrogens (primary N) is 1. The highest BCUT2D eigenvalue weighted by atomic mass is 16.5. The van der Waals surface area contributed by atoms with Crippen LogP contribution in [0.25, 0.3) is 0 Å². The summed E-state index contributed by atoms with van der Waals surface area (Å²) < 4.78 is 10.4. The molecule has 3 unspecified atom stereocenters. The van der Waals surface area contributed by atoms with Gasteiger partial charge in [-0.3, -0.25) is 4.90 Å². The minimum Gasteiger partial charge on any atom is -0.497 e. The number of benzene rings is 1. The van der Waals surface area contributed by atoms with Gasteiger partial charge in [-0.25, -0.2) is 0 Å². The van der Waals surface area contributed by atoms with Gasteiger partial charge in [-0.2, -0.15) is 0 Å². The molecule has 4 nitrogen and oxygen atoms in total. The number of methoxy groups -OCH3 is 2. The Kier molecular flexibility index (Phi) is 6.28. The van der Waals surface area contributed by atoms with Gasteiger partial charge in [0.15, 0.2) is 0 Å². The Morgan fingerprint density at radius 1 is 1.16 bits per heavy atom.